The first kappa shape index (κ1) is 24.8. The standard InChI is InChI=1S/C30H35ClN4O/c1-22-14-18-35(19-15-22)29-32-20-26(28(36)34(2)21-23-8-4-3-5-9-23)27(33-29)30(16-6-7-17-30)24-10-12-25(31)13-11-24/h3-5,8-13,20,22H,6-7,14-19,21H2,1-2H3. The molecule has 0 N–H and O–H groups in total. The summed E-state index contributed by atoms with van der Waals surface area (Å²) >= 11 is 6.26. The highest BCUT2D eigenvalue weighted by atomic mass is 35.5. The summed E-state index contributed by atoms with van der Waals surface area (Å²) in [5.41, 5.74) is 3.45. The van der Waals surface area contributed by atoms with Crippen LogP contribution in [0, 0.1) is 5.92 Å². The normalized spacial score (nSPS) is 17.8. The number of piperidine rings is 1. The molecule has 188 valence electrons. The monoisotopic (exact) mass is 502 g/mol. The van der Waals surface area contributed by atoms with Crippen molar-refractivity contribution < 1.29 is 4.79 Å². The summed E-state index contributed by atoms with van der Waals surface area (Å²) in [6.07, 6.45) is 8.21. The lowest BCUT2D eigenvalue weighted by Gasteiger charge is -2.34. The number of carbonyl (C=O) groups is 1. The van der Waals surface area contributed by atoms with Crippen molar-refractivity contribution in [2.45, 2.75) is 57.4 Å². The number of anilines is 1. The lowest BCUT2D eigenvalue weighted by molar-refractivity contribution is 0.0781. The molecule has 3 aromatic rings. The van der Waals surface area contributed by atoms with Crippen LogP contribution in [-0.2, 0) is 12.0 Å². The molecular formula is C30H35ClN4O. The molecule has 2 aromatic carbocycles. The van der Waals surface area contributed by atoms with E-state index in [0.717, 1.165) is 79.8 Å². The highest BCUT2D eigenvalue weighted by Crippen LogP contribution is 2.47. The maximum atomic E-state index is 13.9. The third-order valence-corrected chi connectivity index (χ3v) is 8.24. The van der Waals surface area contributed by atoms with Crippen LogP contribution in [0.5, 0.6) is 0 Å². The van der Waals surface area contributed by atoms with E-state index in [1.807, 2.05) is 49.5 Å². The Labute approximate surface area is 219 Å². The molecule has 2 fully saturated rings. The van der Waals surface area contributed by atoms with Crippen LogP contribution in [-0.4, -0.2) is 40.9 Å². The molecule has 2 aliphatic rings. The summed E-state index contributed by atoms with van der Waals surface area (Å²) in [6, 6.07) is 18.2. The minimum Gasteiger partial charge on any atom is -0.341 e. The Kier molecular flexibility index (Phi) is 7.29. The summed E-state index contributed by atoms with van der Waals surface area (Å²) in [5, 5.41) is 0.719. The van der Waals surface area contributed by atoms with Gasteiger partial charge in [0.05, 0.1) is 11.3 Å². The molecule has 1 aliphatic carbocycles. The lowest BCUT2D eigenvalue weighted by Crippen LogP contribution is -2.37. The van der Waals surface area contributed by atoms with Gasteiger partial charge >= 0.3 is 0 Å². The Morgan fingerprint density at radius 2 is 1.72 bits per heavy atom. The van der Waals surface area contributed by atoms with Crippen molar-refractivity contribution in [1.29, 1.82) is 0 Å². The van der Waals surface area contributed by atoms with Crippen LogP contribution >= 0.6 is 11.6 Å². The molecule has 0 unspecified atom stereocenters. The van der Waals surface area contributed by atoms with Crippen molar-refractivity contribution in [3.05, 3.63) is 88.2 Å². The van der Waals surface area contributed by atoms with Crippen LogP contribution in [0.1, 0.15) is 72.6 Å². The van der Waals surface area contributed by atoms with Gasteiger partial charge in [0.1, 0.15) is 0 Å². The molecule has 1 aromatic heterocycles. The number of carbonyl (C=O) groups excluding carboxylic acids is 1. The van der Waals surface area contributed by atoms with Crippen LogP contribution < -0.4 is 4.90 Å². The van der Waals surface area contributed by atoms with Crippen LogP contribution in [0.25, 0.3) is 0 Å². The molecule has 0 spiro atoms. The predicted octanol–water partition coefficient (Wildman–Crippen LogP) is 6.50. The summed E-state index contributed by atoms with van der Waals surface area (Å²) < 4.78 is 0. The quantitative estimate of drug-likeness (QED) is 0.386. The number of hydrogen-bond acceptors (Lipinski definition) is 4. The highest BCUT2D eigenvalue weighted by molar-refractivity contribution is 6.30. The molecule has 36 heavy (non-hydrogen) atoms. The number of halogens is 1. The van der Waals surface area contributed by atoms with E-state index in [2.05, 4.69) is 24.0 Å². The van der Waals surface area contributed by atoms with E-state index in [1.165, 1.54) is 5.56 Å². The largest absolute Gasteiger partial charge is 0.341 e. The summed E-state index contributed by atoms with van der Waals surface area (Å²) in [6.45, 7) is 4.76. The van der Waals surface area contributed by atoms with E-state index in [-0.39, 0.29) is 11.3 Å². The van der Waals surface area contributed by atoms with Crippen LogP contribution in [0.4, 0.5) is 5.95 Å². The molecule has 1 saturated carbocycles. The van der Waals surface area contributed by atoms with E-state index in [1.54, 1.807) is 11.1 Å². The summed E-state index contributed by atoms with van der Waals surface area (Å²) in [5.74, 6) is 1.44. The molecule has 5 nitrogen and oxygen atoms in total. The SMILES string of the molecule is CC1CCN(c2ncc(C(=O)N(C)Cc3ccccc3)c(C3(c4ccc(Cl)cc4)CCCC3)n2)CC1. The van der Waals surface area contributed by atoms with E-state index in [9.17, 15) is 4.79 Å². The first-order chi connectivity index (χ1) is 17.5. The minimum absolute atomic E-state index is 0.0343. The molecule has 6 heteroatoms. The first-order valence-corrected chi connectivity index (χ1v) is 13.5. The van der Waals surface area contributed by atoms with Crippen molar-refractivity contribution in [1.82, 2.24) is 14.9 Å². The molecule has 0 atom stereocenters. The van der Waals surface area contributed by atoms with Crippen molar-refractivity contribution in [2.24, 2.45) is 5.92 Å². The Balaban J connectivity index is 1.57. The van der Waals surface area contributed by atoms with Crippen molar-refractivity contribution >= 4 is 23.5 Å². The molecule has 0 radical (unpaired) electrons. The van der Waals surface area contributed by atoms with Crippen LogP contribution in [0.3, 0.4) is 0 Å². The van der Waals surface area contributed by atoms with E-state index >= 15 is 0 Å². The zero-order valence-electron chi connectivity index (χ0n) is 21.3. The number of aromatic nitrogens is 2. The van der Waals surface area contributed by atoms with E-state index in [0.29, 0.717) is 12.1 Å². The lowest BCUT2D eigenvalue weighted by atomic mass is 9.74. The molecule has 1 saturated heterocycles. The highest BCUT2D eigenvalue weighted by Gasteiger charge is 2.42. The second-order valence-electron chi connectivity index (χ2n) is 10.5. The van der Waals surface area contributed by atoms with Gasteiger partial charge in [-0.3, -0.25) is 4.79 Å². The Morgan fingerprint density at radius 1 is 1.06 bits per heavy atom. The Morgan fingerprint density at radius 3 is 2.39 bits per heavy atom. The summed E-state index contributed by atoms with van der Waals surface area (Å²) in [4.78, 5) is 27.9. The van der Waals surface area contributed by atoms with Gasteiger partial charge in [0, 0.05) is 43.3 Å². The van der Waals surface area contributed by atoms with Gasteiger partial charge < -0.3 is 9.80 Å². The van der Waals surface area contributed by atoms with Crippen LogP contribution in [0.15, 0.2) is 60.8 Å². The first-order valence-electron chi connectivity index (χ1n) is 13.1. The molecule has 1 aliphatic heterocycles. The second kappa shape index (κ2) is 10.6. The predicted molar refractivity (Wildman–Crippen MR) is 146 cm³/mol. The number of hydrogen-bond donors (Lipinski definition) is 0. The zero-order chi connectivity index (χ0) is 25.1. The van der Waals surface area contributed by atoms with Crippen molar-refractivity contribution in [2.75, 3.05) is 25.0 Å². The number of amides is 1. The van der Waals surface area contributed by atoms with Gasteiger partial charge in [-0.2, -0.15) is 0 Å². The molecular weight excluding hydrogens is 468 g/mol. The van der Waals surface area contributed by atoms with E-state index < -0.39 is 0 Å². The average Bonchev–Trinajstić information content (AvgIpc) is 3.40. The molecule has 2 heterocycles. The third kappa shape index (κ3) is 4.99. The number of rotatable bonds is 6. The van der Waals surface area contributed by atoms with Crippen LogP contribution in [0.2, 0.25) is 5.02 Å². The zero-order valence-corrected chi connectivity index (χ0v) is 22.0. The van der Waals surface area contributed by atoms with Gasteiger partial charge in [-0.15, -0.1) is 0 Å². The Hall–Kier alpha value is -2.92. The number of benzene rings is 2. The second-order valence-corrected chi connectivity index (χ2v) is 11.0. The smallest absolute Gasteiger partial charge is 0.257 e. The van der Waals surface area contributed by atoms with E-state index in [4.69, 9.17) is 21.6 Å². The van der Waals surface area contributed by atoms with Gasteiger partial charge in [0.2, 0.25) is 5.95 Å². The van der Waals surface area contributed by atoms with Gasteiger partial charge in [-0.25, -0.2) is 9.97 Å². The fraction of sp³-hybridized carbons (Fsp3) is 0.433. The van der Waals surface area contributed by atoms with Crippen molar-refractivity contribution in [3.63, 3.8) is 0 Å². The topological polar surface area (TPSA) is 49.3 Å². The average molecular weight is 503 g/mol. The van der Waals surface area contributed by atoms with Gasteiger partial charge in [-0.1, -0.05) is 73.8 Å². The van der Waals surface area contributed by atoms with Crippen molar-refractivity contribution in [3.8, 4) is 0 Å². The van der Waals surface area contributed by atoms with Gasteiger partial charge in [0.15, 0.2) is 0 Å². The number of nitrogens with zero attached hydrogens (tertiary/aromatic N) is 4. The Bertz CT molecular complexity index is 1180. The van der Waals surface area contributed by atoms with Gasteiger partial charge in [0.25, 0.3) is 5.91 Å². The maximum absolute atomic E-state index is 13.9. The minimum atomic E-state index is -0.316. The summed E-state index contributed by atoms with van der Waals surface area (Å²) in [7, 11) is 1.86. The molecule has 5 rings (SSSR count). The fourth-order valence-corrected chi connectivity index (χ4v) is 5.93. The maximum Gasteiger partial charge on any atom is 0.257 e. The molecule has 0 bridgehead atoms. The van der Waals surface area contributed by atoms with Gasteiger partial charge in [-0.05, 0) is 54.9 Å². The molecule has 1 amide bonds. The third-order valence-electron chi connectivity index (χ3n) is 7.99. The fourth-order valence-electron chi connectivity index (χ4n) is 5.80.